The lowest BCUT2D eigenvalue weighted by Crippen LogP contribution is -2.36. The summed E-state index contributed by atoms with van der Waals surface area (Å²) in [6, 6.07) is 0.644. The molecule has 1 aliphatic heterocycles. The maximum absolute atomic E-state index is 5.50. The van der Waals surface area contributed by atoms with Gasteiger partial charge in [0.15, 0.2) is 0 Å². The molecule has 1 N–H and O–H groups in total. The molecule has 2 aliphatic rings. The first-order valence-electron chi connectivity index (χ1n) is 10.1. The van der Waals surface area contributed by atoms with E-state index in [1.165, 1.54) is 24.8 Å². The molecule has 0 aromatic carbocycles. The summed E-state index contributed by atoms with van der Waals surface area (Å²) in [5, 5.41) is 7.79. The van der Waals surface area contributed by atoms with Crippen LogP contribution in [0.5, 0.6) is 0 Å². The minimum atomic E-state index is 0.506. The van der Waals surface area contributed by atoms with Crippen molar-refractivity contribution >= 4 is 0 Å². The summed E-state index contributed by atoms with van der Waals surface area (Å²) < 4.78 is 7.75. The first kappa shape index (κ1) is 17.7. The van der Waals surface area contributed by atoms with Crippen molar-refractivity contribution in [2.75, 3.05) is 13.1 Å². The van der Waals surface area contributed by atoms with Gasteiger partial charge in [-0.25, -0.2) is 4.98 Å². The molecule has 1 saturated carbocycles. The highest BCUT2D eigenvalue weighted by Crippen LogP contribution is 2.56. The Morgan fingerprint density at radius 2 is 2.12 bits per heavy atom. The maximum Gasteiger partial charge on any atom is 0.138 e. The minimum Gasteiger partial charge on any atom is -0.361 e. The molecule has 2 aromatic heterocycles. The van der Waals surface area contributed by atoms with E-state index in [0.29, 0.717) is 11.5 Å². The molecule has 0 bridgehead atoms. The molecule has 6 nitrogen and oxygen atoms in total. The van der Waals surface area contributed by atoms with Crippen molar-refractivity contribution in [3.05, 3.63) is 35.2 Å². The maximum atomic E-state index is 5.50. The second kappa shape index (κ2) is 7.16. The predicted molar refractivity (Wildman–Crippen MR) is 101 cm³/mol. The van der Waals surface area contributed by atoms with Crippen LogP contribution in [0.3, 0.4) is 0 Å². The SMILES string of the molecule is CCc1noc(C)c1CN(Cc1nccn1CC)C1CC12CCNCC2. The van der Waals surface area contributed by atoms with Gasteiger partial charge in [0.25, 0.3) is 0 Å². The van der Waals surface area contributed by atoms with E-state index in [1.54, 1.807) is 0 Å². The van der Waals surface area contributed by atoms with Gasteiger partial charge in [0.2, 0.25) is 0 Å². The molecule has 2 fully saturated rings. The normalized spacial score (nSPS) is 21.6. The molecule has 1 spiro atoms. The van der Waals surface area contributed by atoms with Crippen LogP contribution in [-0.2, 0) is 26.1 Å². The Morgan fingerprint density at radius 1 is 1.31 bits per heavy atom. The number of rotatable bonds is 7. The van der Waals surface area contributed by atoms with Crippen LogP contribution in [-0.4, -0.2) is 38.7 Å². The molecule has 0 amide bonds. The number of hydrogen-bond acceptors (Lipinski definition) is 5. The minimum absolute atomic E-state index is 0.506. The number of hydrogen-bond donors (Lipinski definition) is 1. The van der Waals surface area contributed by atoms with Crippen LogP contribution in [0.4, 0.5) is 0 Å². The molecule has 26 heavy (non-hydrogen) atoms. The first-order chi connectivity index (χ1) is 12.7. The Hall–Kier alpha value is -1.66. The van der Waals surface area contributed by atoms with E-state index in [-0.39, 0.29) is 0 Å². The topological polar surface area (TPSA) is 59.1 Å². The summed E-state index contributed by atoms with van der Waals surface area (Å²) in [7, 11) is 0. The van der Waals surface area contributed by atoms with Crippen molar-refractivity contribution in [1.82, 2.24) is 24.9 Å². The van der Waals surface area contributed by atoms with Gasteiger partial charge in [-0.15, -0.1) is 0 Å². The third-order valence-corrected chi connectivity index (χ3v) is 6.44. The van der Waals surface area contributed by atoms with Gasteiger partial charge in [0.1, 0.15) is 11.6 Å². The quantitative estimate of drug-likeness (QED) is 0.826. The van der Waals surface area contributed by atoms with Crippen molar-refractivity contribution in [2.24, 2.45) is 5.41 Å². The van der Waals surface area contributed by atoms with E-state index in [1.807, 2.05) is 13.1 Å². The highest BCUT2D eigenvalue weighted by Gasteiger charge is 2.56. The van der Waals surface area contributed by atoms with Gasteiger partial charge < -0.3 is 14.4 Å². The molecular weight excluding hydrogens is 326 g/mol. The van der Waals surface area contributed by atoms with E-state index in [9.17, 15) is 0 Å². The second-order valence-corrected chi connectivity index (χ2v) is 7.88. The Morgan fingerprint density at radius 3 is 2.85 bits per heavy atom. The van der Waals surface area contributed by atoms with Gasteiger partial charge in [-0.05, 0) is 58.0 Å². The van der Waals surface area contributed by atoms with Gasteiger partial charge in [0, 0.05) is 37.1 Å². The van der Waals surface area contributed by atoms with Crippen molar-refractivity contribution in [1.29, 1.82) is 0 Å². The number of aromatic nitrogens is 3. The molecule has 0 radical (unpaired) electrons. The van der Waals surface area contributed by atoms with E-state index >= 15 is 0 Å². The van der Waals surface area contributed by atoms with Crippen LogP contribution in [0.25, 0.3) is 0 Å². The fourth-order valence-corrected chi connectivity index (χ4v) is 4.66. The molecule has 6 heteroatoms. The number of nitrogens with one attached hydrogen (secondary N) is 1. The van der Waals surface area contributed by atoms with Crippen LogP contribution >= 0.6 is 0 Å². The molecule has 1 unspecified atom stereocenters. The molecule has 142 valence electrons. The van der Waals surface area contributed by atoms with Gasteiger partial charge in [-0.1, -0.05) is 12.1 Å². The van der Waals surface area contributed by atoms with Crippen LogP contribution in [0.1, 0.15) is 56.0 Å². The van der Waals surface area contributed by atoms with Gasteiger partial charge in [-0.3, -0.25) is 4.90 Å². The van der Waals surface area contributed by atoms with E-state index < -0.39 is 0 Å². The van der Waals surface area contributed by atoms with Crippen molar-refractivity contribution in [3.8, 4) is 0 Å². The second-order valence-electron chi connectivity index (χ2n) is 7.88. The number of aryl methyl sites for hydroxylation is 3. The summed E-state index contributed by atoms with van der Waals surface area (Å²) in [5.74, 6) is 2.13. The monoisotopic (exact) mass is 357 g/mol. The molecule has 1 aliphatic carbocycles. The Kier molecular flexibility index (Phi) is 4.88. The number of nitrogens with zero attached hydrogens (tertiary/aromatic N) is 4. The lowest BCUT2D eigenvalue weighted by atomic mass is 9.93. The number of imidazole rings is 1. The summed E-state index contributed by atoms with van der Waals surface area (Å²) in [5.41, 5.74) is 2.89. The number of piperidine rings is 1. The van der Waals surface area contributed by atoms with E-state index in [0.717, 1.165) is 56.4 Å². The Labute approximate surface area is 155 Å². The van der Waals surface area contributed by atoms with Gasteiger partial charge >= 0.3 is 0 Å². The summed E-state index contributed by atoms with van der Waals surface area (Å²) in [6.45, 7) is 11.5. The lowest BCUT2D eigenvalue weighted by molar-refractivity contribution is 0.181. The van der Waals surface area contributed by atoms with Crippen LogP contribution in [0, 0.1) is 12.3 Å². The van der Waals surface area contributed by atoms with Crippen LogP contribution < -0.4 is 5.32 Å². The highest BCUT2D eigenvalue weighted by atomic mass is 16.5. The fraction of sp³-hybridized carbons (Fsp3) is 0.700. The molecule has 3 heterocycles. The predicted octanol–water partition coefficient (Wildman–Crippen LogP) is 2.91. The zero-order valence-electron chi connectivity index (χ0n) is 16.3. The zero-order chi connectivity index (χ0) is 18.1. The van der Waals surface area contributed by atoms with Crippen molar-refractivity contribution < 1.29 is 4.52 Å². The molecule has 4 rings (SSSR count). The standard InChI is InChI=1S/C20H31N5O/c1-4-17-16(15(3)26-23-17)13-25(14-19-22-10-11-24(19)5-2)18-12-20(18)6-8-21-9-7-20/h10-11,18,21H,4-9,12-14H2,1-3H3. The third kappa shape index (κ3) is 3.21. The summed E-state index contributed by atoms with van der Waals surface area (Å²) >= 11 is 0. The van der Waals surface area contributed by atoms with Crippen molar-refractivity contribution in [2.45, 2.75) is 72.1 Å². The smallest absolute Gasteiger partial charge is 0.138 e. The highest BCUT2D eigenvalue weighted by molar-refractivity contribution is 5.23. The largest absolute Gasteiger partial charge is 0.361 e. The zero-order valence-corrected chi connectivity index (χ0v) is 16.3. The van der Waals surface area contributed by atoms with Crippen molar-refractivity contribution in [3.63, 3.8) is 0 Å². The van der Waals surface area contributed by atoms with Gasteiger partial charge in [-0.2, -0.15) is 0 Å². The van der Waals surface area contributed by atoms with E-state index in [4.69, 9.17) is 4.52 Å². The Bertz CT molecular complexity index is 743. The average molecular weight is 358 g/mol. The van der Waals surface area contributed by atoms with Crippen LogP contribution in [0.2, 0.25) is 0 Å². The molecular formula is C20H31N5O. The molecule has 2 aromatic rings. The van der Waals surface area contributed by atoms with Crippen LogP contribution in [0.15, 0.2) is 16.9 Å². The van der Waals surface area contributed by atoms with E-state index in [2.05, 4.69) is 45.0 Å². The van der Waals surface area contributed by atoms with Gasteiger partial charge in [0.05, 0.1) is 12.2 Å². The summed E-state index contributed by atoms with van der Waals surface area (Å²) in [6.07, 6.45) is 8.82. The lowest BCUT2D eigenvalue weighted by Gasteiger charge is -2.29. The third-order valence-electron chi connectivity index (χ3n) is 6.44. The molecule has 1 saturated heterocycles. The first-order valence-corrected chi connectivity index (χ1v) is 10.1. The summed E-state index contributed by atoms with van der Waals surface area (Å²) in [4.78, 5) is 7.27. The fourth-order valence-electron chi connectivity index (χ4n) is 4.66. The Balaban J connectivity index is 1.58. The average Bonchev–Trinajstić information content (AvgIpc) is 3.00. The molecule has 1 atom stereocenters.